The molecule has 5 nitrogen and oxygen atoms in total. The fourth-order valence-corrected chi connectivity index (χ4v) is 2.68. The Labute approximate surface area is 128 Å². The maximum atomic E-state index is 11.6. The number of hydrogen-bond donors (Lipinski definition) is 1. The van der Waals surface area contributed by atoms with Crippen molar-refractivity contribution in [2.75, 3.05) is 6.61 Å². The van der Waals surface area contributed by atoms with Crippen molar-refractivity contribution in [2.24, 2.45) is 0 Å². The van der Waals surface area contributed by atoms with Gasteiger partial charge < -0.3 is 14.8 Å². The van der Waals surface area contributed by atoms with Gasteiger partial charge in [0.2, 0.25) is 0 Å². The molecule has 0 saturated heterocycles. The highest BCUT2D eigenvalue weighted by Gasteiger charge is 2.16. The molecular formula is C15H20N2O3S. The first-order valence-electron chi connectivity index (χ1n) is 6.86. The Bertz CT molecular complexity index is 631. The zero-order valence-corrected chi connectivity index (χ0v) is 13.5. The Hall–Kier alpha value is -1.82. The van der Waals surface area contributed by atoms with Gasteiger partial charge in [-0.05, 0) is 45.9 Å². The molecule has 0 fully saturated rings. The lowest BCUT2D eigenvalue weighted by Crippen LogP contribution is -2.32. The van der Waals surface area contributed by atoms with E-state index in [1.807, 2.05) is 45.9 Å². The van der Waals surface area contributed by atoms with E-state index in [-0.39, 0.29) is 0 Å². The van der Waals surface area contributed by atoms with Gasteiger partial charge in [-0.2, -0.15) is 0 Å². The highest BCUT2D eigenvalue weighted by Crippen LogP contribution is 2.26. The normalized spacial score (nSPS) is 11.4. The summed E-state index contributed by atoms with van der Waals surface area (Å²) in [6.07, 6.45) is -0.434. The molecule has 0 aliphatic rings. The quantitative estimate of drug-likeness (QED) is 0.935. The molecular weight excluding hydrogens is 288 g/mol. The fourth-order valence-electron chi connectivity index (χ4n) is 1.75. The first kappa shape index (κ1) is 15.6. The van der Waals surface area contributed by atoms with Crippen LogP contribution in [0.5, 0.6) is 5.75 Å². The smallest absolute Gasteiger partial charge is 0.408 e. The molecule has 1 N–H and O–H groups in total. The van der Waals surface area contributed by atoms with Crippen LogP contribution in [0.4, 0.5) is 4.79 Å². The molecule has 0 aliphatic heterocycles. The summed E-state index contributed by atoms with van der Waals surface area (Å²) in [5, 5.41) is 3.55. The van der Waals surface area contributed by atoms with Crippen LogP contribution in [0.2, 0.25) is 0 Å². The van der Waals surface area contributed by atoms with Crippen LogP contribution in [0, 0.1) is 0 Å². The molecule has 0 saturated carbocycles. The van der Waals surface area contributed by atoms with Crippen LogP contribution in [0.3, 0.4) is 0 Å². The van der Waals surface area contributed by atoms with Crippen molar-refractivity contribution in [3.05, 3.63) is 23.2 Å². The Morgan fingerprint density at radius 3 is 2.81 bits per heavy atom. The highest BCUT2D eigenvalue weighted by atomic mass is 32.1. The van der Waals surface area contributed by atoms with Crippen LogP contribution in [0.25, 0.3) is 10.2 Å². The molecule has 2 aromatic rings. The van der Waals surface area contributed by atoms with Gasteiger partial charge in [-0.1, -0.05) is 0 Å². The molecule has 1 amide bonds. The number of carbonyl (C=O) groups is 1. The molecule has 0 atom stereocenters. The third-order valence-corrected chi connectivity index (χ3v) is 3.52. The summed E-state index contributed by atoms with van der Waals surface area (Å²) in [5.41, 5.74) is 0.411. The molecule has 0 spiro atoms. The summed E-state index contributed by atoms with van der Waals surface area (Å²) in [6.45, 7) is 8.45. The van der Waals surface area contributed by atoms with Gasteiger partial charge in [-0.3, -0.25) is 0 Å². The lowest BCUT2D eigenvalue weighted by atomic mass is 10.2. The molecule has 0 bridgehead atoms. The summed E-state index contributed by atoms with van der Waals surface area (Å²) >= 11 is 1.54. The average molecular weight is 308 g/mol. The lowest BCUT2D eigenvalue weighted by Gasteiger charge is -2.19. The number of thiazole rings is 1. The first-order chi connectivity index (χ1) is 9.87. The van der Waals surface area contributed by atoms with Gasteiger partial charge in [0.05, 0.1) is 23.4 Å². The van der Waals surface area contributed by atoms with Crippen LogP contribution in [-0.4, -0.2) is 23.3 Å². The summed E-state index contributed by atoms with van der Waals surface area (Å²) in [4.78, 5) is 16.1. The van der Waals surface area contributed by atoms with Crippen LogP contribution in [-0.2, 0) is 11.3 Å². The summed E-state index contributed by atoms with van der Waals surface area (Å²) in [7, 11) is 0. The predicted molar refractivity (Wildman–Crippen MR) is 83.9 cm³/mol. The number of hydrogen-bond acceptors (Lipinski definition) is 5. The third kappa shape index (κ3) is 4.60. The molecule has 21 heavy (non-hydrogen) atoms. The van der Waals surface area contributed by atoms with Gasteiger partial charge in [0.1, 0.15) is 16.4 Å². The number of rotatable bonds is 4. The maximum absolute atomic E-state index is 11.6. The van der Waals surface area contributed by atoms with Crippen LogP contribution < -0.4 is 10.1 Å². The van der Waals surface area contributed by atoms with Crippen LogP contribution >= 0.6 is 11.3 Å². The zero-order chi connectivity index (χ0) is 15.5. The van der Waals surface area contributed by atoms with Crippen molar-refractivity contribution in [3.63, 3.8) is 0 Å². The number of nitrogens with zero attached hydrogens (tertiary/aromatic N) is 1. The monoisotopic (exact) mass is 308 g/mol. The van der Waals surface area contributed by atoms with Gasteiger partial charge in [0, 0.05) is 0 Å². The number of ether oxygens (including phenoxy) is 2. The Kier molecular flexibility index (Phi) is 4.67. The standard InChI is InChI=1S/C15H20N2O3S/c1-5-19-10-6-7-11-12(8-10)21-13(17-11)9-16-14(18)20-15(2,3)4/h6-8H,5,9H2,1-4H3,(H,16,18). The van der Waals surface area contributed by atoms with E-state index in [1.54, 1.807) is 0 Å². The van der Waals surface area contributed by atoms with Crippen LogP contribution in [0.1, 0.15) is 32.7 Å². The molecule has 0 aliphatic carbocycles. The zero-order valence-electron chi connectivity index (χ0n) is 12.7. The topological polar surface area (TPSA) is 60.5 Å². The number of aromatic nitrogens is 1. The fraction of sp³-hybridized carbons (Fsp3) is 0.467. The second kappa shape index (κ2) is 6.30. The molecule has 0 unspecified atom stereocenters. The van der Waals surface area contributed by atoms with E-state index in [4.69, 9.17) is 9.47 Å². The Morgan fingerprint density at radius 2 is 2.14 bits per heavy atom. The van der Waals surface area contributed by atoms with E-state index >= 15 is 0 Å². The number of nitrogens with one attached hydrogen (secondary N) is 1. The summed E-state index contributed by atoms with van der Waals surface area (Å²) in [5.74, 6) is 0.834. The van der Waals surface area contributed by atoms with E-state index in [0.29, 0.717) is 13.2 Å². The molecule has 1 heterocycles. The van der Waals surface area contributed by atoms with E-state index < -0.39 is 11.7 Å². The second-order valence-corrected chi connectivity index (χ2v) is 6.64. The number of amides is 1. The first-order valence-corrected chi connectivity index (χ1v) is 7.68. The van der Waals surface area contributed by atoms with Gasteiger partial charge in [-0.25, -0.2) is 9.78 Å². The minimum absolute atomic E-state index is 0.359. The lowest BCUT2D eigenvalue weighted by molar-refractivity contribution is 0.0523. The number of carbonyl (C=O) groups excluding carboxylic acids is 1. The number of benzene rings is 1. The van der Waals surface area contributed by atoms with E-state index in [2.05, 4.69) is 10.3 Å². The molecule has 6 heteroatoms. The van der Waals surface area contributed by atoms with E-state index in [1.165, 1.54) is 11.3 Å². The van der Waals surface area contributed by atoms with E-state index in [9.17, 15) is 4.79 Å². The molecule has 114 valence electrons. The molecule has 1 aromatic carbocycles. The van der Waals surface area contributed by atoms with Crippen molar-refractivity contribution in [3.8, 4) is 5.75 Å². The molecule has 2 rings (SSSR count). The van der Waals surface area contributed by atoms with Crippen molar-refractivity contribution < 1.29 is 14.3 Å². The van der Waals surface area contributed by atoms with Gasteiger partial charge in [0.15, 0.2) is 0 Å². The van der Waals surface area contributed by atoms with E-state index in [0.717, 1.165) is 21.0 Å². The summed E-state index contributed by atoms with van der Waals surface area (Å²) in [6, 6.07) is 5.79. The van der Waals surface area contributed by atoms with Gasteiger partial charge in [0.25, 0.3) is 0 Å². The average Bonchev–Trinajstić information content (AvgIpc) is 2.77. The number of fused-ring (bicyclic) bond motifs is 1. The van der Waals surface area contributed by atoms with Crippen molar-refractivity contribution in [1.29, 1.82) is 0 Å². The third-order valence-electron chi connectivity index (χ3n) is 2.50. The molecule has 1 aromatic heterocycles. The minimum atomic E-state index is -0.496. The second-order valence-electron chi connectivity index (χ2n) is 5.53. The Morgan fingerprint density at radius 1 is 1.38 bits per heavy atom. The maximum Gasteiger partial charge on any atom is 0.408 e. The Balaban J connectivity index is 2.01. The van der Waals surface area contributed by atoms with Crippen LogP contribution in [0.15, 0.2) is 18.2 Å². The van der Waals surface area contributed by atoms with Crippen molar-refractivity contribution >= 4 is 27.6 Å². The minimum Gasteiger partial charge on any atom is -0.494 e. The van der Waals surface area contributed by atoms with Crippen molar-refractivity contribution in [2.45, 2.75) is 39.8 Å². The largest absolute Gasteiger partial charge is 0.494 e. The highest BCUT2D eigenvalue weighted by molar-refractivity contribution is 7.18. The SMILES string of the molecule is CCOc1ccc2nc(CNC(=O)OC(C)(C)C)sc2c1. The predicted octanol–water partition coefficient (Wildman–Crippen LogP) is 3.72. The molecule has 0 radical (unpaired) electrons. The van der Waals surface area contributed by atoms with Crippen molar-refractivity contribution in [1.82, 2.24) is 10.3 Å². The van der Waals surface area contributed by atoms with Gasteiger partial charge >= 0.3 is 6.09 Å². The van der Waals surface area contributed by atoms with Gasteiger partial charge in [-0.15, -0.1) is 11.3 Å². The summed E-state index contributed by atoms with van der Waals surface area (Å²) < 4.78 is 11.7. The number of alkyl carbamates (subject to hydrolysis) is 1.